The van der Waals surface area contributed by atoms with Gasteiger partial charge in [-0.2, -0.15) is 0 Å². The highest BCUT2D eigenvalue weighted by atomic mass is 127. The second-order valence-corrected chi connectivity index (χ2v) is 4.07. The zero-order chi connectivity index (χ0) is 9.84. The normalized spacial score (nSPS) is 9.77. The number of rotatable bonds is 2. The Hall–Kier alpha value is -0.580. The van der Waals surface area contributed by atoms with E-state index in [1.807, 2.05) is 19.1 Å². The fraction of sp³-hybridized carbons (Fsp3) is 0.300. The van der Waals surface area contributed by atoms with Crippen LogP contribution in [0.15, 0.2) is 18.2 Å². The van der Waals surface area contributed by atoms with Crippen molar-refractivity contribution in [2.45, 2.75) is 13.3 Å². The minimum atomic E-state index is -0.190. The third kappa shape index (κ3) is 2.99. The van der Waals surface area contributed by atoms with Crippen molar-refractivity contribution in [3.63, 3.8) is 0 Å². The molecule has 1 rings (SSSR count). The summed E-state index contributed by atoms with van der Waals surface area (Å²) in [6.45, 7) is 2.00. The zero-order valence-electron chi connectivity index (χ0n) is 7.63. The molecule has 0 radical (unpaired) electrons. The molecular formula is C10H11IO2. The van der Waals surface area contributed by atoms with E-state index in [-0.39, 0.29) is 5.97 Å². The molecule has 1 aromatic rings. The molecule has 1 aromatic carbocycles. The maximum absolute atomic E-state index is 11.0. The Morgan fingerprint density at radius 3 is 2.77 bits per heavy atom. The Bertz CT molecular complexity index is 321. The molecule has 0 fully saturated rings. The van der Waals surface area contributed by atoms with Gasteiger partial charge in [-0.3, -0.25) is 4.79 Å². The minimum Gasteiger partial charge on any atom is -0.469 e. The molecule has 70 valence electrons. The van der Waals surface area contributed by atoms with E-state index in [9.17, 15) is 4.79 Å². The van der Waals surface area contributed by atoms with Crippen molar-refractivity contribution in [1.29, 1.82) is 0 Å². The number of benzene rings is 1. The summed E-state index contributed by atoms with van der Waals surface area (Å²) in [5, 5.41) is 0. The lowest BCUT2D eigenvalue weighted by Crippen LogP contribution is -2.05. The number of esters is 1. The molecule has 2 nitrogen and oxygen atoms in total. The third-order valence-corrected chi connectivity index (χ3v) is 2.54. The molecule has 0 saturated carbocycles. The first-order valence-corrected chi connectivity index (χ1v) is 5.03. The Morgan fingerprint density at radius 2 is 2.23 bits per heavy atom. The Balaban J connectivity index is 2.83. The van der Waals surface area contributed by atoms with Crippen LogP contribution in [-0.2, 0) is 16.0 Å². The van der Waals surface area contributed by atoms with Crippen molar-refractivity contribution in [3.05, 3.63) is 32.9 Å². The lowest BCUT2D eigenvalue weighted by atomic mass is 10.1. The molecule has 0 saturated heterocycles. The van der Waals surface area contributed by atoms with Gasteiger partial charge in [0, 0.05) is 3.57 Å². The van der Waals surface area contributed by atoms with Gasteiger partial charge in [0.2, 0.25) is 0 Å². The van der Waals surface area contributed by atoms with Gasteiger partial charge in [-0.1, -0.05) is 6.07 Å². The van der Waals surface area contributed by atoms with Crippen molar-refractivity contribution in [1.82, 2.24) is 0 Å². The van der Waals surface area contributed by atoms with Gasteiger partial charge in [-0.25, -0.2) is 0 Å². The van der Waals surface area contributed by atoms with Crippen molar-refractivity contribution >= 4 is 28.6 Å². The van der Waals surface area contributed by atoms with E-state index in [0.29, 0.717) is 6.42 Å². The van der Waals surface area contributed by atoms with Gasteiger partial charge in [-0.15, -0.1) is 0 Å². The number of ether oxygens (including phenoxy) is 1. The second-order valence-electron chi connectivity index (χ2n) is 2.82. The summed E-state index contributed by atoms with van der Waals surface area (Å²) in [5.41, 5.74) is 2.17. The SMILES string of the molecule is COC(=O)Cc1ccc(I)cc1C. The molecule has 0 aliphatic carbocycles. The topological polar surface area (TPSA) is 26.3 Å². The largest absolute Gasteiger partial charge is 0.469 e. The van der Waals surface area contributed by atoms with E-state index in [1.165, 1.54) is 10.7 Å². The minimum absolute atomic E-state index is 0.190. The Morgan fingerprint density at radius 1 is 1.54 bits per heavy atom. The van der Waals surface area contributed by atoms with E-state index < -0.39 is 0 Å². The van der Waals surface area contributed by atoms with Crippen molar-refractivity contribution in [2.24, 2.45) is 0 Å². The molecule has 13 heavy (non-hydrogen) atoms. The molecule has 0 heterocycles. The lowest BCUT2D eigenvalue weighted by Gasteiger charge is -2.04. The van der Waals surface area contributed by atoms with Crippen LogP contribution in [0.5, 0.6) is 0 Å². The predicted molar refractivity (Wildman–Crippen MR) is 59.6 cm³/mol. The second kappa shape index (κ2) is 4.60. The number of methoxy groups -OCH3 is 1. The molecule has 0 unspecified atom stereocenters. The van der Waals surface area contributed by atoms with Gasteiger partial charge in [0.1, 0.15) is 0 Å². The Kier molecular flexibility index (Phi) is 3.71. The summed E-state index contributed by atoms with van der Waals surface area (Å²) < 4.78 is 5.78. The number of carbonyl (C=O) groups is 1. The average molecular weight is 290 g/mol. The van der Waals surface area contributed by atoms with Gasteiger partial charge >= 0.3 is 5.97 Å². The monoisotopic (exact) mass is 290 g/mol. The van der Waals surface area contributed by atoms with Crippen LogP contribution in [0.25, 0.3) is 0 Å². The van der Waals surface area contributed by atoms with E-state index in [0.717, 1.165) is 11.1 Å². The van der Waals surface area contributed by atoms with Crippen molar-refractivity contribution in [3.8, 4) is 0 Å². The van der Waals surface area contributed by atoms with Crippen LogP contribution < -0.4 is 0 Å². The molecule has 0 bridgehead atoms. The molecular weight excluding hydrogens is 279 g/mol. The highest BCUT2D eigenvalue weighted by Crippen LogP contribution is 2.13. The van der Waals surface area contributed by atoms with Crippen LogP contribution in [0.1, 0.15) is 11.1 Å². The molecule has 0 N–H and O–H groups in total. The van der Waals surface area contributed by atoms with E-state index in [1.54, 1.807) is 0 Å². The van der Waals surface area contributed by atoms with Crippen LogP contribution in [0, 0.1) is 10.5 Å². The molecule has 0 aromatic heterocycles. The van der Waals surface area contributed by atoms with Crippen LogP contribution in [-0.4, -0.2) is 13.1 Å². The standard InChI is InChI=1S/C10H11IO2/c1-7-5-9(11)4-3-8(7)6-10(12)13-2/h3-5H,6H2,1-2H3. The molecule has 0 amide bonds. The number of carbonyl (C=O) groups excluding carboxylic acids is 1. The first-order valence-electron chi connectivity index (χ1n) is 3.95. The summed E-state index contributed by atoms with van der Waals surface area (Å²) in [6.07, 6.45) is 0.360. The molecule has 0 atom stereocenters. The summed E-state index contributed by atoms with van der Waals surface area (Å²) >= 11 is 2.25. The molecule has 0 aliphatic heterocycles. The predicted octanol–water partition coefficient (Wildman–Crippen LogP) is 2.32. The van der Waals surface area contributed by atoms with E-state index in [2.05, 4.69) is 33.4 Å². The average Bonchev–Trinajstić information content (AvgIpc) is 2.09. The summed E-state index contributed by atoms with van der Waals surface area (Å²) in [4.78, 5) is 11.0. The van der Waals surface area contributed by atoms with E-state index in [4.69, 9.17) is 0 Å². The number of halogens is 1. The fourth-order valence-electron chi connectivity index (χ4n) is 1.09. The summed E-state index contributed by atoms with van der Waals surface area (Å²) in [5.74, 6) is -0.190. The van der Waals surface area contributed by atoms with Gasteiger partial charge in [0.25, 0.3) is 0 Å². The van der Waals surface area contributed by atoms with Gasteiger partial charge in [0.05, 0.1) is 13.5 Å². The number of aryl methyl sites for hydroxylation is 1. The molecule has 0 aliphatic rings. The highest BCUT2D eigenvalue weighted by Gasteiger charge is 2.05. The first-order chi connectivity index (χ1) is 6.13. The lowest BCUT2D eigenvalue weighted by molar-refractivity contribution is -0.139. The fourth-order valence-corrected chi connectivity index (χ4v) is 1.73. The third-order valence-electron chi connectivity index (χ3n) is 1.87. The van der Waals surface area contributed by atoms with Gasteiger partial charge in [-0.05, 0) is 52.8 Å². The molecule has 3 heteroatoms. The molecule has 0 spiro atoms. The van der Waals surface area contributed by atoms with Crippen molar-refractivity contribution in [2.75, 3.05) is 7.11 Å². The van der Waals surface area contributed by atoms with Crippen molar-refractivity contribution < 1.29 is 9.53 Å². The van der Waals surface area contributed by atoms with Crippen LogP contribution in [0.2, 0.25) is 0 Å². The Labute approximate surface area is 91.4 Å². The highest BCUT2D eigenvalue weighted by molar-refractivity contribution is 14.1. The zero-order valence-corrected chi connectivity index (χ0v) is 9.79. The van der Waals surface area contributed by atoms with Crippen LogP contribution in [0.3, 0.4) is 0 Å². The van der Waals surface area contributed by atoms with Gasteiger partial charge in [0.15, 0.2) is 0 Å². The number of hydrogen-bond acceptors (Lipinski definition) is 2. The van der Waals surface area contributed by atoms with Gasteiger partial charge < -0.3 is 4.74 Å². The van der Waals surface area contributed by atoms with Crippen LogP contribution >= 0.6 is 22.6 Å². The number of hydrogen-bond donors (Lipinski definition) is 0. The first kappa shape index (κ1) is 10.5. The summed E-state index contributed by atoms with van der Waals surface area (Å²) in [6, 6.07) is 6.01. The maximum atomic E-state index is 11.0. The smallest absolute Gasteiger partial charge is 0.309 e. The van der Waals surface area contributed by atoms with E-state index >= 15 is 0 Å². The van der Waals surface area contributed by atoms with Crippen LogP contribution in [0.4, 0.5) is 0 Å². The quantitative estimate of drug-likeness (QED) is 0.617. The summed E-state index contributed by atoms with van der Waals surface area (Å²) in [7, 11) is 1.41. The maximum Gasteiger partial charge on any atom is 0.309 e.